The summed E-state index contributed by atoms with van der Waals surface area (Å²) in [4.78, 5) is 12.9. The number of halogens is 2. The van der Waals surface area contributed by atoms with Gasteiger partial charge in [0.1, 0.15) is 11.5 Å². The highest BCUT2D eigenvalue weighted by molar-refractivity contribution is 5.69. The second kappa shape index (κ2) is 9.15. The molecule has 2 rings (SSSR count). The normalized spacial score (nSPS) is 11.7. The summed E-state index contributed by atoms with van der Waals surface area (Å²) in [6, 6.07) is 10.6. The Hall–Kier alpha value is -2.67. The lowest BCUT2D eigenvalue weighted by molar-refractivity contribution is 0.172. The number of carbonyl (C=O) groups is 1. The molecule has 7 heteroatoms. The van der Waals surface area contributed by atoms with Crippen LogP contribution in [0, 0.1) is 11.6 Å². The zero-order valence-corrected chi connectivity index (χ0v) is 15.0. The molecular weight excluding hydrogens is 342 g/mol. The Balaban J connectivity index is 1.91. The molecule has 0 aliphatic carbocycles. The van der Waals surface area contributed by atoms with Crippen LogP contribution in [0.25, 0.3) is 0 Å². The predicted molar refractivity (Wildman–Crippen MR) is 94.4 cm³/mol. The van der Waals surface area contributed by atoms with Crippen LogP contribution in [0.2, 0.25) is 0 Å². The molecule has 0 fully saturated rings. The minimum absolute atomic E-state index is 0.00102. The second-order valence-corrected chi connectivity index (χ2v) is 5.89. The molecular formula is C19H22F2N2O3. The number of nitrogens with one attached hydrogen (secondary N) is 1. The minimum Gasteiger partial charge on any atom is -0.493 e. The van der Waals surface area contributed by atoms with Gasteiger partial charge in [-0.05, 0) is 36.9 Å². The number of rotatable bonds is 7. The van der Waals surface area contributed by atoms with Gasteiger partial charge in [-0.2, -0.15) is 0 Å². The van der Waals surface area contributed by atoms with Gasteiger partial charge >= 0.3 is 6.09 Å². The third-order valence-electron chi connectivity index (χ3n) is 3.77. The number of hydrogen-bond donors (Lipinski definition) is 1. The van der Waals surface area contributed by atoms with E-state index in [4.69, 9.17) is 9.47 Å². The van der Waals surface area contributed by atoms with Gasteiger partial charge in [0.05, 0.1) is 6.61 Å². The third-order valence-corrected chi connectivity index (χ3v) is 3.77. The molecule has 0 heterocycles. The van der Waals surface area contributed by atoms with Gasteiger partial charge < -0.3 is 19.7 Å². The molecule has 1 N–H and O–H groups in total. The maximum absolute atomic E-state index is 13.2. The van der Waals surface area contributed by atoms with Crippen LogP contribution in [-0.2, 0) is 0 Å². The monoisotopic (exact) mass is 364 g/mol. The SMILES string of the molecule is CN[C@H](CCOc1ccc(F)c(F)c1)c1ccc(OC(=O)N(C)C)cc1. The first-order valence-corrected chi connectivity index (χ1v) is 8.15. The molecule has 2 aromatic carbocycles. The molecule has 2 aromatic rings. The lowest BCUT2D eigenvalue weighted by Crippen LogP contribution is -2.25. The Kier molecular flexibility index (Phi) is 6.91. The molecule has 0 radical (unpaired) electrons. The Morgan fingerprint density at radius 2 is 1.73 bits per heavy atom. The molecule has 0 bridgehead atoms. The van der Waals surface area contributed by atoms with Crippen molar-refractivity contribution in [1.82, 2.24) is 10.2 Å². The molecule has 0 aliphatic heterocycles. The summed E-state index contributed by atoms with van der Waals surface area (Å²) in [7, 11) is 5.05. The largest absolute Gasteiger partial charge is 0.493 e. The fourth-order valence-corrected chi connectivity index (χ4v) is 2.30. The van der Waals surface area contributed by atoms with E-state index in [1.54, 1.807) is 26.2 Å². The highest BCUT2D eigenvalue weighted by Gasteiger charge is 2.12. The Bertz CT molecular complexity index is 736. The van der Waals surface area contributed by atoms with Gasteiger partial charge in [-0.3, -0.25) is 0 Å². The lowest BCUT2D eigenvalue weighted by Gasteiger charge is -2.18. The average Bonchev–Trinajstić information content (AvgIpc) is 2.62. The van der Waals surface area contributed by atoms with Gasteiger partial charge in [-0.15, -0.1) is 0 Å². The number of hydrogen-bond acceptors (Lipinski definition) is 4. The van der Waals surface area contributed by atoms with E-state index in [1.807, 2.05) is 19.2 Å². The van der Waals surface area contributed by atoms with E-state index in [-0.39, 0.29) is 11.8 Å². The molecule has 1 atom stereocenters. The molecule has 26 heavy (non-hydrogen) atoms. The van der Waals surface area contributed by atoms with Crippen molar-refractivity contribution >= 4 is 6.09 Å². The molecule has 1 amide bonds. The van der Waals surface area contributed by atoms with Crippen LogP contribution in [-0.4, -0.2) is 38.7 Å². The third kappa shape index (κ3) is 5.42. The molecule has 0 saturated heterocycles. The van der Waals surface area contributed by atoms with Crippen molar-refractivity contribution in [2.24, 2.45) is 0 Å². The summed E-state index contributed by atoms with van der Waals surface area (Å²) in [6.45, 7) is 0.327. The van der Waals surface area contributed by atoms with Gasteiger partial charge in [0.15, 0.2) is 11.6 Å². The first-order valence-electron chi connectivity index (χ1n) is 8.15. The Morgan fingerprint density at radius 3 is 2.31 bits per heavy atom. The van der Waals surface area contributed by atoms with Gasteiger partial charge in [0, 0.05) is 32.6 Å². The van der Waals surface area contributed by atoms with Crippen molar-refractivity contribution < 1.29 is 23.0 Å². The van der Waals surface area contributed by atoms with Gasteiger partial charge in [-0.1, -0.05) is 12.1 Å². The van der Waals surface area contributed by atoms with E-state index in [0.717, 1.165) is 17.7 Å². The summed E-state index contributed by atoms with van der Waals surface area (Å²) in [5.41, 5.74) is 0.992. The number of benzene rings is 2. The molecule has 140 valence electrons. The highest BCUT2D eigenvalue weighted by Crippen LogP contribution is 2.22. The predicted octanol–water partition coefficient (Wildman–Crippen LogP) is 3.75. The second-order valence-electron chi connectivity index (χ2n) is 5.89. The zero-order chi connectivity index (χ0) is 19.1. The van der Waals surface area contributed by atoms with Crippen molar-refractivity contribution in [3.8, 4) is 11.5 Å². The van der Waals surface area contributed by atoms with Crippen LogP contribution in [0.3, 0.4) is 0 Å². The van der Waals surface area contributed by atoms with Crippen LogP contribution in [0.1, 0.15) is 18.0 Å². The van der Waals surface area contributed by atoms with Crippen molar-refractivity contribution in [3.63, 3.8) is 0 Å². The summed E-state index contributed by atoms with van der Waals surface area (Å²) in [5, 5.41) is 3.17. The number of carbonyl (C=O) groups excluding carboxylic acids is 1. The smallest absolute Gasteiger partial charge is 0.414 e. The van der Waals surface area contributed by atoms with Gasteiger partial charge in [0.2, 0.25) is 0 Å². The lowest BCUT2D eigenvalue weighted by atomic mass is 10.0. The van der Waals surface area contributed by atoms with Crippen LogP contribution in [0.5, 0.6) is 11.5 Å². The molecule has 5 nitrogen and oxygen atoms in total. The van der Waals surface area contributed by atoms with Crippen LogP contribution in [0.4, 0.5) is 13.6 Å². The van der Waals surface area contributed by atoms with E-state index in [2.05, 4.69) is 5.32 Å². The highest BCUT2D eigenvalue weighted by atomic mass is 19.2. The van der Waals surface area contributed by atoms with E-state index >= 15 is 0 Å². The standard InChI is InChI=1S/C19H22F2N2O3/c1-22-18(10-11-25-15-8-9-16(20)17(21)12-15)13-4-6-14(7-5-13)26-19(24)23(2)3/h4-9,12,18,22H,10-11H2,1-3H3/t18-/m1/s1. The Morgan fingerprint density at radius 1 is 1.08 bits per heavy atom. The summed E-state index contributed by atoms with van der Waals surface area (Å²) < 4.78 is 36.7. The molecule has 0 unspecified atom stereocenters. The number of nitrogens with zero attached hydrogens (tertiary/aromatic N) is 1. The van der Waals surface area contributed by atoms with E-state index < -0.39 is 17.7 Å². The van der Waals surface area contributed by atoms with Crippen LogP contribution >= 0.6 is 0 Å². The average molecular weight is 364 g/mol. The molecule has 0 aliphatic rings. The van der Waals surface area contributed by atoms with E-state index in [1.165, 1.54) is 11.0 Å². The summed E-state index contributed by atoms with van der Waals surface area (Å²) in [6.07, 6.45) is 0.176. The molecule has 0 saturated carbocycles. The topological polar surface area (TPSA) is 50.8 Å². The van der Waals surface area contributed by atoms with Gasteiger partial charge in [-0.25, -0.2) is 13.6 Å². The van der Waals surface area contributed by atoms with Crippen molar-refractivity contribution in [3.05, 3.63) is 59.7 Å². The first-order chi connectivity index (χ1) is 12.4. The molecule has 0 aromatic heterocycles. The van der Waals surface area contributed by atoms with E-state index in [9.17, 15) is 13.6 Å². The van der Waals surface area contributed by atoms with Crippen LogP contribution in [0.15, 0.2) is 42.5 Å². The minimum atomic E-state index is -0.935. The fourth-order valence-electron chi connectivity index (χ4n) is 2.30. The zero-order valence-electron chi connectivity index (χ0n) is 15.0. The van der Waals surface area contributed by atoms with Crippen molar-refractivity contribution in [1.29, 1.82) is 0 Å². The van der Waals surface area contributed by atoms with Crippen LogP contribution < -0.4 is 14.8 Å². The quantitative estimate of drug-likeness (QED) is 0.813. The molecule has 0 spiro atoms. The van der Waals surface area contributed by atoms with Gasteiger partial charge in [0.25, 0.3) is 0 Å². The number of ether oxygens (including phenoxy) is 2. The maximum Gasteiger partial charge on any atom is 0.414 e. The fraction of sp³-hybridized carbons (Fsp3) is 0.316. The summed E-state index contributed by atoms with van der Waals surface area (Å²) in [5.74, 6) is -1.10. The van der Waals surface area contributed by atoms with Crippen molar-refractivity contribution in [2.45, 2.75) is 12.5 Å². The Labute approximate surface area is 151 Å². The maximum atomic E-state index is 13.2. The summed E-state index contributed by atoms with van der Waals surface area (Å²) >= 11 is 0. The number of amides is 1. The first kappa shape index (κ1) is 19.7. The van der Waals surface area contributed by atoms with E-state index in [0.29, 0.717) is 18.8 Å². The van der Waals surface area contributed by atoms with Crippen molar-refractivity contribution in [2.75, 3.05) is 27.7 Å².